The normalized spacial score (nSPS) is 11.0. The lowest BCUT2D eigenvalue weighted by molar-refractivity contribution is 1.28. The van der Waals surface area contributed by atoms with Crippen LogP contribution < -0.4 is 5.32 Å². The molecule has 0 spiro atoms. The zero-order valence-corrected chi connectivity index (χ0v) is 12.4. The van der Waals surface area contributed by atoms with Gasteiger partial charge in [-0.1, -0.05) is 41.9 Å². The fourth-order valence-electron chi connectivity index (χ4n) is 2.47. The van der Waals surface area contributed by atoms with Crippen molar-refractivity contribution in [1.82, 2.24) is 9.97 Å². The number of hydrogen-bond acceptors (Lipinski definition) is 3. The smallest absolute Gasteiger partial charge is 0.149 e. The molecule has 3 aromatic carbocycles. The zero-order chi connectivity index (χ0) is 14.9. The first-order valence-electron chi connectivity index (χ1n) is 6.96. The van der Waals surface area contributed by atoms with Crippen molar-refractivity contribution >= 4 is 44.9 Å². The van der Waals surface area contributed by atoms with Gasteiger partial charge in [-0.15, -0.1) is 0 Å². The topological polar surface area (TPSA) is 37.8 Å². The molecule has 0 atom stereocenters. The number of halogens is 1. The van der Waals surface area contributed by atoms with Gasteiger partial charge < -0.3 is 5.32 Å². The van der Waals surface area contributed by atoms with E-state index < -0.39 is 0 Å². The van der Waals surface area contributed by atoms with Gasteiger partial charge in [0.25, 0.3) is 0 Å². The van der Waals surface area contributed by atoms with E-state index in [0.717, 1.165) is 22.1 Å². The average molecular weight is 306 g/mol. The minimum absolute atomic E-state index is 0.685. The van der Waals surface area contributed by atoms with E-state index in [9.17, 15) is 0 Å². The summed E-state index contributed by atoms with van der Waals surface area (Å²) in [6.45, 7) is 0. The van der Waals surface area contributed by atoms with Crippen LogP contribution >= 0.6 is 11.6 Å². The van der Waals surface area contributed by atoms with Gasteiger partial charge in [-0.25, -0.2) is 4.98 Å². The van der Waals surface area contributed by atoms with Crippen LogP contribution in [0.5, 0.6) is 0 Å². The van der Waals surface area contributed by atoms with Crippen LogP contribution in [0.4, 0.5) is 11.5 Å². The highest BCUT2D eigenvalue weighted by Gasteiger charge is 2.03. The molecule has 0 unspecified atom stereocenters. The second kappa shape index (κ2) is 5.28. The van der Waals surface area contributed by atoms with Crippen LogP contribution in [0.15, 0.2) is 66.9 Å². The van der Waals surface area contributed by atoms with E-state index in [1.165, 1.54) is 5.39 Å². The molecule has 0 fully saturated rings. The van der Waals surface area contributed by atoms with Crippen LogP contribution in [0.2, 0.25) is 5.02 Å². The van der Waals surface area contributed by atoms with Gasteiger partial charge in [0.2, 0.25) is 0 Å². The van der Waals surface area contributed by atoms with Crippen molar-refractivity contribution < 1.29 is 0 Å². The van der Waals surface area contributed by atoms with Gasteiger partial charge in [-0.3, -0.25) is 4.98 Å². The Balaban J connectivity index is 1.78. The Kier molecular flexibility index (Phi) is 3.13. The van der Waals surface area contributed by atoms with Crippen LogP contribution in [0.25, 0.3) is 21.8 Å². The van der Waals surface area contributed by atoms with Crippen LogP contribution in [0, 0.1) is 0 Å². The van der Waals surface area contributed by atoms with E-state index >= 15 is 0 Å². The van der Waals surface area contributed by atoms with Crippen molar-refractivity contribution in [3.05, 3.63) is 71.9 Å². The minimum Gasteiger partial charge on any atom is -0.339 e. The molecule has 0 radical (unpaired) electrons. The van der Waals surface area contributed by atoms with Crippen molar-refractivity contribution in [3.8, 4) is 0 Å². The van der Waals surface area contributed by atoms with E-state index in [1.54, 1.807) is 6.20 Å². The van der Waals surface area contributed by atoms with Gasteiger partial charge in [0, 0.05) is 10.7 Å². The summed E-state index contributed by atoms with van der Waals surface area (Å²) in [6.07, 6.45) is 1.73. The minimum atomic E-state index is 0.685. The van der Waals surface area contributed by atoms with Gasteiger partial charge in [-0.05, 0) is 41.1 Å². The second-order valence-electron chi connectivity index (χ2n) is 5.08. The Morgan fingerprint density at radius 3 is 2.36 bits per heavy atom. The van der Waals surface area contributed by atoms with E-state index in [1.807, 2.05) is 36.4 Å². The monoisotopic (exact) mass is 305 g/mol. The number of nitrogens with one attached hydrogen (secondary N) is 1. The summed E-state index contributed by atoms with van der Waals surface area (Å²) < 4.78 is 0. The summed E-state index contributed by atoms with van der Waals surface area (Å²) in [6, 6.07) is 19.8. The SMILES string of the molecule is Clc1cccc(Nc2cnc3cc4ccccc4cc3n2)c1. The second-order valence-corrected chi connectivity index (χ2v) is 5.52. The Labute approximate surface area is 132 Å². The number of hydrogen-bond donors (Lipinski definition) is 1. The lowest BCUT2D eigenvalue weighted by Crippen LogP contribution is -1.95. The summed E-state index contributed by atoms with van der Waals surface area (Å²) in [5.74, 6) is 0.699. The van der Waals surface area contributed by atoms with Crippen LogP contribution in [-0.4, -0.2) is 9.97 Å². The molecule has 1 aromatic heterocycles. The Hall–Kier alpha value is -2.65. The molecule has 0 saturated carbocycles. The summed E-state index contributed by atoms with van der Waals surface area (Å²) >= 11 is 6.00. The molecule has 4 aromatic rings. The summed E-state index contributed by atoms with van der Waals surface area (Å²) in [5, 5.41) is 6.24. The van der Waals surface area contributed by atoms with Crippen molar-refractivity contribution in [2.45, 2.75) is 0 Å². The molecule has 3 nitrogen and oxygen atoms in total. The first kappa shape index (κ1) is 13.0. The van der Waals surface area contributed by atoms with Crippen molar-refractivity contribution in [1.29, 1.82) is 0 Å². The lowest BCUT2D eigenvalue weighted by Gasteiger charge is -2.07. The Morgan fingerprint density at radius 1 is 0.818 bits per heavy atom. The maximum atomic E-state index is 6.00. The number of anilines is 2. The van der Waals surface area contributed by atoms with Crippen LogP contribution in [0.3, 0.4) is 0 Å². The van der Waals surface area contributed by atoms with E-state index in [-0.39, 0.29) is 0 Å². The first-order valence-corrected chi connectivity index (χ1v) is 7.34. The van der Waals surface area contributed by atoms with Crippen molar-refractivity contribution in [2.24, 2.45) is 0 Å². The molecule has 0 aliphatic heterocycles. The molecule has 1 N–H and O–H groups in total. The number of fused-ring (bicyclic) bond motifs is 2. The highest BCUT2D eigenvalue weighted by molar-refractivity contribution is 6.30. The highest BCUT2D eigenvalue weighted by Crippen LogP contribution is 2.23. The van der Waals surface area contributed by atoms with Crippen LogP contribution in [0.1, 0.15) is 0 Å². The molecule has 106 valence electrons. The molecular formula is C18H12ClN3. The van der Waals surface area contributed by atoms with Gasteiger partial charge in [-0.2, -0.15) is 0 Å². The van der Waals surface area contributed by atoms with Gasteiger partial charge in [0.05, 0.1) is 17.2 Å². The molecule has 0 bridgehead atoms. The van der Waals surface area contributed by atoms with Crippen molar-refractivity contribution in [2.75, 3.05) is 5.32 Å². The number of aromatic nitrogens is 2. The highest BCUT2D eigenvalue weighted by atomic mass is 35.5. The predicted molar refractivity (Wildman–Crippen MR) is 91.8 cm³/mol. The van der Waals surface area contributed by atoms with E-state index in [2.05, 4.69) is 39.6 Å². The zero-order valence-electron chi connectivity index (χ0n) is 11.6. The summed E-state index contributed by atoms with van der Waals surface area (Å²) in [4.78, 5) is 9.13. The summed E-state index contributed by atoms with van der Waals surface area (Å²) in [5.41, 5.74) is 2.64. The fraction of sp³-hybridized carbons (Fsp3) is 0. The average Bonchev–Trinajstić information content (AvgIpc) is 2.53. The molecule has 4 rings (SSSR count). The molecule has 0 amide bonds. The third-order valence-electron chi connectivity index (χ3n) is 3.51. The third-order valence-corrected chi connectivity index (χ3v) is 3.74. The number of rotatable bonds is 2. The Morgan fingerprint density at radius 2 is 1.59 bits per heavy atom. The molecule has 0 aliphatic carbocycles. The number of nitrogens with zero attached hydrogens (tertiary/aromatic N) is 2. The third kappa shape index (κ3) is 2.47. The van der Waals surface area contributed by atoms with Gasteiger partial charge in [0.1, 0.15) is 5.82 Å². The molecular weight excluding hydrogens is 294 g/mol. The quantitative estimate of drug-likeness (QED) is 0.518. The molecule has 1 heterocycles. The summed E-state index contributed by atoms with van der Waals surface area (Å²) in [7, 11) is 0. The number of benzene rings is 3. The standard InChI is InChI=1S/C18H12ClN3/c19-14-6-3-7-15(10-14)21-18-11-20-16-8-12-4-1-2-5-13(12)9-17(16)22-18/h1-11H,(H,21,22). The Bertz CT molecular complexity index is 982. The molecule has 0 saturated heterocycles. The van der Waals surface area contributed by atoms with Crippen molar-refractivity contribution in [3.63, 3.8) is 0 Å². The van der Waals surface area contributed by atoms with E-state index in [4.69, 9.17) is 11.6 Å². The maximum Gasteiger partial charge on any atom is 0.149 e. The predicted octanol–water partition coefficient (Wildman–Crippen LogP) is 5.18. The maximum absolute atomic E-state index is 6.00. The first-order chi connectivity index (χ1) is 10.8. The molecule has 22 heavy (non-hydrogen) atoms. The van der Waals surface area contributed by atoms with Crippen LogP contribution in [-0.2, 0) is 0 Å². The molecule has 4 heteroatoms. The van der Waals surface area contributed by atoms with E-state index in [0.29, 0.717) is 10.8 Å². The fourth-order valence-corrected chi connectivity index (χ4v) is 2.66. The van der Waals surface area contributed by atoms with Gasteiger partial charge >= 0.3 is 0 Å². The molecule has 0 aliphatic rings. The largest absolute Gasteiger partial charge is 0.339 e. The van der Waals surface area contributed by atoms with Gasteiger partial charge in [0.15, 0.2) is 0 Å². The lowest BCUT2D eigenvalue weighted by atomic mass is 10.1.